The van der Waals surface area contributed by atoms with E-state index in [1.165, 1.54) is 6.92 Å². The van der Waals surface area contributed by atoms with Gasteiger partial charge in [0.1, 0.15) is 0 Å². The van der Waals surface area contributed by atoms with Crippen molar-refractivity contribution in [1.29, 1.82) is 0 Å². The Morgan fingerprint density at radius 2 is 1.75 bits per heavy atom. The number of likely N-dealkylation sites (N-methyl/N-ethyl adjacent to an activating group) is 1. The standard InChI is InChI=1S/C12H16F3N/c1-3-16(12(13,14)15)10(2)9-11-7-5-4-6-8-11/h4-8,10H,3,9H2,1-2H3. The molecule has 1 atom stereocenters. The summed E-state index contributed by atoms with van der Waals surface area (Å²) in [6.07, 6.45) is -3.84. The molecule has 1 nitrogen and oxygen atoms in total. The van der Waals surface area contributed by atoms with Crippen LogP contribution in [0.4, 0.5) is 13.2 Å². The summed E-state index contributed by atoms with van der Waals surface area (Å²) in [6.45, 7) is 3.11. The maximum absolute atomic E-state index is 12.6. The van der Waals surface area contributed by atoms with Gasteiger partial charge in [0.2, 0.25) is 0 Å². The number of hydrogen-bond acceptors (Lipinski definition) is 1. The van der Waals surface area contributed by atoms with Gasteiger partial charge < -0.3 is 0 Å². The third-order valence-corrected chi connectivity index (χ3v) is 2.57. The fourth-order valence-electron chi connectivity index (χ4n) is 1.81. The molecule has 0 radical (unpaired) electrons. The van der Waals surface area contributed by atoms with Gasteiger partial charge in [-0.15, -0.1) is 0 Å². The summed E-state index contributed by atoms with van der Waals surface area (Å²) in [4.78, 5) is 0.556. The van der Waals surface area contributed by atoms with E-state index in [0.29, 0.717) is 11.3 Å². The van der Waals surface area contributed by atoms with Gasteiger partial charge in [0.05, 0.1) is 0 Å². The largest absolute Gasteiger partial charge is 0.460 e. The molecular weight excluding hydrogens is 215 g/mol. The first kappa shape index (κ1) is 13.0. The summed E-state index contributed by atoms with van der Waals surface area (Å²) in [5, 5.41) is 0. The lowest BCUT2D eigenvalue weighted by molar-refractivity contribution is -0.255. The van der Waals surface area contributed by atoms with E-state index in [9.17, 15) is 13.2 Å². The Morgan fingerprint density at radius 1 is 1.19 bits per heavy atom. The number of alkyl halides is 3. The first-order valence-electron chi connectivity index (χ1n) is 5.32. The maximum atomic E-state index is 12.6. The minimum atomic E-state index is -4.25. The Bertz CT molecular complexity index is 308. The Morgan fingerprint density at radius 3 is 2.19 bits per heavy atom. The van der Waals surface area contributed by atoms with Gasteiger partial charge in [-0.1, -0.05) is 37.3 Å². The van der Waals surface area contributed by atoms with Crippen LogP contribution in [0.5, 0.6) is 0 Å². The molecule has 1 rings (SSSR count). The number of halogens is 3. The summed E-state index contributed by atoms with van der Waals surface area (Å²) < 4.78 is 37.8. The third-order valence-electron chi connectivity index (χ3n) is 2.57. The Balaban J connectivity index is 2.67. The number of rotatable bonds is 4. The van der Waals surface area contributed by atoms with Crippen LogP contribution >= 0.6 is 0 Å². The van der Waals surface area contributed by atoms with Crippen LogP contribution in [-0.4, -0.2) is 23.8 Å². The van der Waals surface area contributed by atoms with Gasteiger partial charge in [0, 0.05) is 12.6 Å². The van der Waals surface area contributed by atoms with Crippen molar-refractivity contribution < 1.29 is 13.2 Å². The topological polar surface area (TPSA) is 3.24 Å². The highest BCUT2D eigenvalue weighted by molar-refractivity contribution is 5.15. The predicted octanol–water partition coefficient (Wildman–Crippen LogP) is 3.46. The van der Waals surface area contributed by atoms with E-state index >= 15 is 0 Å². The highest BCUT2D eigenvalue weighted by atomic mass is 19.4. The zero-order chi connectivity index (χ0) is 12.2. The van der Waals surface area contributed by atoms with Crippen LogP contribution in [0, 0.1) is 0 Å². The van der Waals surface area contributed by atoms with Gasteiger partial charge >= 0.3 is 6.30 Å². The number of hydrogen-bond donors (Lipinski definition) is 0. The van der Waals surface area contributed by atoms with E-state index in [0.717, 1.165) is 5.56 Å². The first-order valence-corrected chi connectivity index (χ1v) is 5.32. The third kappa shape index (κ3) is 3.52. The van der Waals surface area contributed by atoms with E-state index in [4.69, 9.17) is 0 Å². The van der Waals surface area contributed by atoms with Crippen molar-refractivity contribution in [3.05, 3.63) is 35.9 Å². The van der Waals surface area contributed by atoms with E-state index in [2.05, 4.69) is 0 Å². The fourth-order valence-corrected chi connectivity index (χ4v) is 1.81. The molecular formula is C12H16F3N. The molecule has 16 heavy (non-hydrogen) atoms. The Labute approximate surface area is 93.9 Å². The molecule has 0 bridgehead atoms. The minimum Gasteiger partial charge on any atom is -0.212 e. The van der Waals surface area contributed by atoms with Crippen LogP contribution < -0.4 is 0 Å². The van der Waals surface area contributed by atoms with Crippen LogP contribution in [0.1, 0.15) is 19.4 Å². The Kier molecular flexibility index (Phi) is 4.35. The second-order valence-electron chi connectivity index (χ2n) is 3.79. The van der Waals surface area contributed by atoms with Crippen molar-refractivity contribution in [1.82, 2.24) is 4.90 Å². The highest BCUT2D eigenvalue weighted by Crippen LogP contribution is 2.24. The van der Waals surface area contributed by atoms with Crippen molar-refractivity contribution >= 4 is 0 Å². The highest BCUT2D eigenvalue weighted by Gasteiger charge is 2.38. The molecule has 4 heteroatoms. The monoisotopic (exact) mass is 231 g/mol. The second-order valence-corrected chi connectivity index (χ2v) is 3.79. The molecule has 0 N–H and O–H groups in total. The zero-order valence-electron chi connectivity index (χ0n) is 9.46. The fraction of sp³-hybridized carbons (Fsp3) is 0.500. The van der Waals surface area contributed by atoms with Gasteiger partial charge in [-0.05, 0) is 18.9 Å². The predicted molar refractivity (Wildman–Crippen MR) is 58.0 cm³/mol. The van der Waals surface area contributed by atoms with Gasteiger partial charge in [-0.3, -0.25) is 0 Å². The van der Waals surface area contributed by atoms with Crippen LogP contribution in [0.3, 0.4) is 0 Å². The smallest absolute Gasteiger partial charge is 0.212 e. The van der Waals surface area contributed by atoms with Crippen molar-refractivity contribution in [3.8, 4) is 0 Å². The molecule has 1 unspecified atom stereocenters. The number of benzene rings is 1. The molecule has 0 aromatic heterocycles. The quantitative estimate of drug-likeness (QED) is 0.717. The van der Waals surface area contributed by atoms with Gasteiger partial charge in [0.25, 0.3) is 0 Å². The van der Waals surface area contributed by atoms with Crippen LogP contribution in [0.2, 0.25) is 0 Å². The lowest BCUT2D eigenvalue weighted by atomic mass is 10.1. The van der Waals surface area contributed by atoms with Crippen LogP contribution in [0.15, 0.2) is 30.3 Å². The van der Waals surface area contributed by atoms with E-state index in [1.807, 2.05) is 30.3 Å². The van der Waals surface area contributed by atoms with Gasteiger partial charge in [-0.25, -0.2) is 4.90 Å². The second kappa shape index (κ2) is 5.34. The van der Waals surface area contributed by atoms with Crippen molar-refractivity contribution in [2.45, 2.75) is 32.6 Å². The molecule has 1 aromatic carbocycles. The lowest BCUT2D eigenvalue weighted by Gasteiger charge is -2.29. The van der Waals surface area contributed by atoms with Crippen molar-refractivity contribution in [2.24, 2.45) is 0 Å². The molecule has 0 aliphatic carbocycles. The van der Waals surface area contributed by atoms with Crippen LogP contribution in [0.25, 0.3) is 0 Å². The summed E-state index contributed by atoms with van der Waals surface area (Å²) in [7, 11) is 0. The molecule has 0 fully saturated rings. The molecule has 0 spiro atoms. The summed E-state index contributed by atoms with van der Waals surface area (Å²) in [5.74, 6) is 0. The molecule has 0 saturated heterocycles. The maximum Gasteiger partial charge on any atom is 0.460 e. The van der Waals surface area contributed by atoms with Crippen molar-refractivity contribution in [2.75, 3.05) is 6.54 Å². The molecule has 0 aliphatic heterocycles. The summed E-state index contributed by atoms with van der Waals surface area (Å²) in [6, 6.07) is 8.70. The van der Waals surface area contributed by atoms with E-state index in [1.54, 1.807) is 6.92 Å². The molecule has 90 valence electrons. The zero-order valence-corrected chi connectivity index (χ0v) is 9.46. The van der Waals surface area contributed by atoms with E-state index < -0.39 is 12.3 Å². The minimum absolute atomic E-state index is 0.0164. The molecule has 1 aromatic rings. The first-order chi connectivity index (χ1) is 7.45. The Hall–Kier alpha value is -1.03. The molecule has 0 saturated carbocycles. The lowest BCUT2D eigenvalue weighted by Crippen LogP contribution is -2.45. The molecule has 0 amide bonds. The normalized spacial score (nSPS) is 14.1. The molecule has 0 aliphatic rings. The summed E-state index contributed by atoms with van der Waals surface area (Å²) in [5.41, 5.74) is 0.928. The van der Waals surface area contributed by atoms with Crippen molar-refractivity contribution in [3.63, 3.8) is 0 Å². The van der Waals surface area contributed by atoms with E-state index in [-0.39, 0.29) is 6.54 Å². The molecule has 0 heterocycles. The van der Waals surface area contributed by atoms with Gasteiger partial charge in [-0.2, -0.15) is 13.2 Å². The van der Waals surface area contributed by atoms with Gasteiger partial charge in [0.15, 0.2) is 0 Å². The van der Waals surface area contributed by atoms with Crippen LogP contribution in [-0.2, 0) is 6.42 Å². The summed E-state index contributed by atoms with van der Waals surface area (Å²) >= 11 is 0. The SMILES string of the molecule is CCN(C(C)Cc1ccccc1)C(F)(F)F. The average Bonchev–Trinajstić information content (AvgIpc) is 2.17. The average molecular weight is 231 g/mol. The number of nitrogens with zero attached hydrogens (tertiary/aromatic N) is 1.